The standard InChI is InChI=1S/C22H22FN3OS/c1-14(2)13-26-21(20(25-22(26)28)17-5-3-4-12-24-17)19-11-10-18(27-19)15-6-8-16(23)9-7-15/h3-12,14,20-21H,13H2,1-2H3,(H,25,28)/t20-,21+/m1/s1. The third-order valence-electron chi connectivity index (χ3n) is 4.81. The average Bonchev–Trinajstić information content (AvgIpc) is 3.28. The van der Waals surface area contributed by atoms with Gasteiger partial charge in [-0.3, -0.25) is 4.98 Å². The van der Waals surface area contributed by atoms with Crippen LogP contribution in [0, 0.1) is 11.7 Å². The summed E-state index contributed by atoms with van der Waals surface area (Å²) in [5.74, 6) is 1.69. The van der Waals surface area contributed by atoms with E-state index in [0.717, 1.165) is 23.6 Å². The van der Waals surface area contributed by atoms with E-state index in [0.29, 0.717) is 16.8 Å². The molecule has 6 heteroatoms. The summed E-state index contributed by atoms with van der Waals surface area (Å²) in [6.45, 7) is 5.14. The number of halogens is 1. The predicted molar refractivity (Wildman–Crippen MR) is 111 cm³/mol. The monoisotopic (exact) mass is 395 g/mol. The fraction of sp³-hybridized carbons (Fsp3) is 0.273. The van der Waals surface area contributed by atoms with Gasteiger partial charge in [0.05, 0.1) is 11.7 Å². The van der Waals surface area contributed by atoms with Crippen molar-refractivity contribution in [1.29, 1.82) is 0 Å². The maximum Gasteiger partial charge on any atom is 0.170 e. The highest BCUT2D eigenvalue weighted by atomic mass is 32.1. The second-order valence-electron chi connectivity index (χ2n) is 7.38. The van der Waals surface area contributed by atoms with Crippen molar-refractivity contribution in [3.63, 3.8) is 0 Å². The van der Waals surface area contributed by atoms with Crippen LogP contribution in [0.3, 0.4) is 0 Å². The van der Waals surface area contributed by atoms with E-state index >= 15 is 0 Å². The average molecular weight is 396 g/mol. The van der Waals surface area contributed by atoms with Crippen molar-refractivity contribution >= 4 is 17.3 Å². The molecular formula is C22H22FN3OS. The SMILES string of the molecule is CC(C)CN1C(=S)N[C@H](c2ccccn2)[C@@H]1c1ccc(-c2ccc(F)cc2)o1. The molecular weight excluding hydrogens is 373 g/mol. The molecule has 0 unspecified atom stereocenters. The lowest BCUT2D eigenvalue weighted by Gasteiger charge is -2.27. The van der Waals surface area contributed by atoms with E-state index in [-0.39, 0.29) is 17.9 Å². The van der Waals surface area contributed by atoms with E-state index in [2.05, 4.69) is 29.0 Å². The van der Waals surface area contributed by atoms with Crippen LogP contribution in [-0.4, -0.2) is 21.5 Å². The molecule has 4 nitrogen and oxygen atoms in total. The van der Waals surface area contributed by atoms with Gasteiger partial charge in [-0.2, -0.15) is 0 Å². The summed E-state index contributed by atoms with van der Waals surface area (Å²) in [7, 11) is 0. The lowest BCUT2D eigenvalue weighted by atomic mass is 10.0. The van der Waals surface area contributed by atoms with Crippen molar-refractivity contribution in [1.82, 2.24) is 15.2 Å². The van der Waals surface area contributed by atoms with E-state index in [4.69, 9.17) is 16.6 Å². The quantitative estimate of drug-likeness (QED) is 0.608. The molecule has 1 N–H and O–H groups in total. The van der Waals surface area contributed by atoms with Crippen molar-refractivity contribution in [2.75, 3.05) is 6.54 Å². The summed E-state index contributed by atoms with van der Waals surface area (Å²) in [4.78, 5) is 6.70. The van der Waals surface area contributed by atoms with E-state index < -0.39 is 0 Å². The molecule has 3 aromatic rings. The molecule has 1 saturated heterocycles. The van der Waals surface area contributed by atoms with Crippen LogP contribution in [0.4, 0.5) is 4.39 Å². The molecule has 0 spiro atoms. The zero-order chi connectivity index (χ0) is 19.7. The van der Waals surface area contributed by atoms with Crippen LogP contribution < -0.4 is 5.32 Å². The number of rotatable bonds is 5. The fourth-order valence-electron chi connectivity index (χ4n) is 3.59. The zero-order valence-corrected chi connectivity index (χ0v) is 16.6. The number of nitrogens with zero attached hydrogens (tertiary/aromatic N) is 2. The van der Waals surface area contributed by atoms with Gasteiger partial charge in [-0.1, -0.05) is 19.9 Å². The van der Waals surface area contributed by atoms with Gasteiger partial charge in [0.15, 0.2) is 5.11 Å². The summed E-state index contributed by atoms with van der Waals surface area (Å²) in [5.41, 5.74) is 1.76. The Morgan fingerprint density at radius 3 is 2.61 bits per heavy atom. The minimum Gasteiger partial charge on any atom is -0.459 e. The van der Waals surface area contributed by atoms with Gasteiger partial charge >= 0.3 is 0 Å². The van der Waals surface area contributed by atoms with E-state index in [9.17, 15) is 4.39 Å². The number of furan rings is 1. The molecule has 4 rings (SSSR count). The van der Waals surface area contributed by atoms with E-state index in [1.165, 1.54) is 12.1 Å². The molecule has 1 aliphatic rings. The van der Waals surface area contributed by atoms with Gasteiger partial charge in [-0.05, 0) is 66.7 Å². The van der Waals surface area contributed by atoms with Crippen molar-refractivity contribution in [3.8, 4) is 11.3 Å². The van der Waals surface area contributed by atoms with Gasteiger partial charge in [0.2, 0.25) is 0 Å². The van der Waals surface area contributed by atoms with Crippen molar-refractivity contribution in [3.05, 3.63) is 78.1 Å². The lowest BCUT2D eigenvalue weighted by Crippen LogP contribution is -2.32. The second-order valence-corrected chi connectivity index (χ2v) is 7.77. The summed E-state index contributed by atoms with van der Waals surface area (Å²) < 4.78 is 19.5. The smallest absolute Gasteiger partial charge is 0.170 e. The Bertz CT molecular complexity index is 955. The van der Waals surface area contributed by atoms with Gasteiger partial charge in [-0.15, -0.1) is 0 Å². The second kappa shape index (κ2) is 7.72. The molecule has 1 aromatic carbocycles. The Balaban J connectivity index is 1.72. The molecule has 0 radical (unpaired) electrons. The highest BCUT2D eigenvalue weighted by Crippen LogP contribution is 2.40. The molecule has 0 amide bonds. The first kappa shape index (κ1) is 18.6. The lowest BCUT2D eigenvalue weighted by molar-refractivity contribution is 0.253. The summed E-state index contributed by atoms with van der Waals surface area (Å²) in [5, 5.41) is 4.12. The molecule has 2 aromatic heterocycles. The number of pyridine rings is 1. The van der Waals surface area contributed by atoms with E-state index in [1.54, 1.807) is 18.3 Å². The van der Waals surface area contributed by atoms with Crippen LogP contribution >= 0.6 is 12.2 Å². The minimum absolute atomic E-state index is 0.0975. The van der Waals surface area contributed by atoms with Gasteiger partial charge < -0.3 is 14.6 Å². The Hall–Kier alpha value is -2.73. The number of nitrogens with one attached hydrogen (secondary N) is 1. The number of thiocarbonyl (C=S) groups is 1. The van der Waals surface area contributed by atoms with Crippen LogP contribution in [0.25, 0.3) is 11.3 Å². The molecule has 0 bridgehead atoms. The first-order valence-corrected chi connectivity index (χ1v) is 9.77. The van der Waals surface area contributed by atoms with Gasteiger partial charge in [0.25, 0.3) is 0 Å². The Morgan fingerprint density at radius 2 is 1.93 bits per heavy atom. The Labute approximate surface area is 169 Å². The Morgan fingerprint density at radius 1 is 1.14 bits per heavy atom. The maximum absolute atomic E-state index is 13.2. The minimum atomic E-state index is -0.265. The van der Waals surface area contributed by atoms with Gasteiger partial charge in [0, 0.05) is 18.3 Å². The summed E-state index contributed by atoms with van der Waals surface area (Å²) in [6.07, 6.45) is 1.79. The number of hydrogen-bond acceptors (Lipinski definition) is 3. The molecule has 2 atom stereocenters. The van der Waals surface area contributed by atoms with Gasteiger partial charge in [0.1, 0.15) is 23.4 Å². The van der Waals surface area contributed by atoms with Crippen LogP contribution in [0.15, 0.2) is 65.2 Å². The molecule has 1 fully saturated rings. The maximum atomic E-state index is 13.2. The van der Waals surface area contributed by atoms with Crippen LogP contribution in [0.2, 0.25) is 0 Å². The van der Waals surface area contributed by atoms with Crippen LogP contribution in [0.5, 0.6) is 0 Å². The van der Waals surface area contributed by atoms with Crippen molar-refractivity contribution in [2.45, 2.75) is 25.9 Å². The number of benzene rings is 1. The van der Waals surface area contributed by atoms with Gasteiger partial charge in [-0.25, -0.2) is 4.39 Å². The fourth-order valence-corrected chi connectivity index (χ4v) is 3.90. The van der Waals surface area contributed by atoms with E-state index in [1.807, 2.05) is 30.3 Å². The summed E-state index contributed by atoms with van der Waals surface area (Å²) >= 11 is 5.63. The number of hydrogen-bond donors (Lipinski definition) is 1. The Kier molecular flexibility index (Phi) is 5.13. The molecule has 144 valence electrons. The van der Waals surface area contributed by atoms with Crippen LogP contribution in [0.1, 0.15) is 37.4 Å². The normalized spacial score (nSPS) is 19.3. The number of aromatic nitrogens is 1. The third-order valence-corrected chi connectivity index (χ3v) is 5.16. The zero-order valence-electron chi connectivity index (χ0n) is 15.8. The highest BCUT2D eigenvalue weighted by Gasteiger charge is 2.41. The molecule has 28 heavy (non-hydrogen) atoms. The van der Waals surface area contributed by atoms with Crippen molar-refractivity contribution in [2.24, 2.45) is 5.92 Å². The van der Waals surface area contributed by atoms with Crippen molar-refractivity contribution < 1.29 is 8.81 Å². The summed E-state index contributed by atoms with van der Waals surface area (Å²) in [6, 6.07) is 15.9. The van der Waals surface area contributed by atoms with Crippen LogP contribution in [-0.2, 0) is 0 Å². The molecule has 3 heterocycles. The molecule has 0 saturated carbocycles. The predicted octanol–water partition coefficient (Wildman–Crippen LogP) is 5.11. The highest BCUT2D eigenvalue weighted by molar-refractivity contribution is 7.80. The topological polar surface area (TPSA) is 41.3 Å². The largest absolute Gasteiger partial charge is 0.459 e. The molecule has 1 aliphatic heterocycles. The molecule has 0 aliphatic carbocycles. The third kappa shape index (κ3) is 3.64. The first-order valence-electron chi connectivity index (χ1n) is 9.36. The first-order chi connectivity index (χ1) is 13.5.